The lowest BCUT2D eigenvalue weighted by Gasteiger charge is -2.07. The van der Waals surface area contributed by atoms with Crippen molar-refractivity contribution in [2.45, 2.75) is 6.61 Å². The predicted octanol–water partition coefficient (Wildman–Crippen LogP) is 3.05. The second-order valence-corrected chi connectivity index (χ2v) is 4.16. The summed E-state index contributed by atoms with van der Waals surface area (Å²) in [5, 5.41) is 10.5. The van der Waals surface area contributed by atoms with Crippen LogP contribution in [0.2, 0.25) is 0 Å². The Kier molecular flexibility index (Phi) is 3.23. The molecule has 0 unspecified atom stereocenters. The van der Waals surface area contributed by atoms with Gasteiger partial charge in [-0.25, -0.2) is 0 Å². The Labute approximate surface area is 111 Å². The number of H-pyrrole nitrogens is 1. The molecule has 4 nitrogen and oxygen atoms in total. The summed E-state index contributed by atoms with van der Waals surface area (Å²) in [6, 6.07) is 17.9. The molecular formula is C15H13N3O. The lowest BCUT2D eigenvalue weighted by Crippen LogP contribution is -1.95. The van der Waals surface area contributed by atoms with Gasteiger partial charge in [-0.1, -0.05) is 42.5 Å². The highest BCUT2D eigenvalue weighted by atomic mass is 16.5. The summed E-state index contributed by atoms with van der Waals surface area (Å²) in [4.78, 5) is 0. The number of nitrogens with one attached hydrogen (secondary N) is 1. The van der Waals surface area contributed by atoms with Crippen LogP contribution in [0.15, 0.2) is 60.8 Å². The summed E-state index contributed by atoms with van der Waals surface area (Å²) in [7, 11) is 0. The molecule has 0 saturated heterocycles. The van der Waals surface area contributed by atoms with E-state index in [1.807, 2.05) is 54.6 Å². The van der Waals surface area contributed by atoms with Gasteiger partial charge in [0.15, 0.2) is 0 Å². The van der Waals surface area contributed by atoms with Crippen molar-refractivity contribution in [2.24, 2.45) is 0 Å². The molecule has 0 spiro atoms. The molecule has 0 aliphatic rings. The number of hydrogen-bond acceptors (Lipinski definition) is 3. The fourth-order valence-corrected chi connectivity index (χ4v) is 1.83. The molecule has 2 aromatic carbocycles. The molecule has 19 heavy (non-hydrogen) atoms. The van der Waals surface area contributed by atoms with Crippen molar-refractivity contribution in [2.75, 3.05) is 0 Å². The first-order chi connectivity index (χ1) is 9.42. The van der Waals surface area contributed by atoms with Crippen molar-refractivity contribution in [3.8, 4) is 17.0 Å². The van der Waals surface area contributed by atoms with Gasteiger partial charge in [0.2, 0.25) is 0 Å². The second kappa shape index (κ2) is 5.35. The summed E-state index contributed by atoms with van der Waals surface area (Å²) in [6.07, 6.45) is 1.69. The summed E-state index contributed by atoms with van der Waals surface area (Å²) in [5.74, 6) is 0.823. The van der Waals surface area contributed by atoms with Crippen LogP contribution in [-0.4, -0.2) is 15.4 Å². The molecule has 0 amide bonds. The zero-order valence-corrected chi connectivity index (χ0v) is 10.3. The maximum atomic E-state index is 5.77. The van der Waals surface area contributed by atoms with Crippen molar-refractivity contribution in [3.63, 3.8) is 0 Å². The monoisotopic (exact) mass is 251 g/mol. The highest BCUT2D eigenvalue weighted by Crippen LogP contribution is 2.21. The minimum atomic E-state index is 0.559. The Hall–Kier alpha value is -2.62. The number of benzene rings is 2. The van der Waals surface area contributed by atoms with Gasteiger partial charge >= 0.3 is 0 Å². The van der Waals surface area contributed by atoms with Gasteiger partial charge in [0.25, 0.3) is 0 Å². The van der Waals surface area contributed by atoms with Crippen LogP contribution in [0.1, 0.15) is 5.56 Å². The highest BCUT2D eigenvalue weighted by molar-refractivity contribution is 5.59. The average molecular weight is 251 g/mol. The van der Waals surface area contributed by atoms with Gasteiger partial charge in [0, 0.05) is 5.56 Å². The molecule has 1 aromatic heterocycles. The summed E-state index contributed by atoms with van der Waals surface area (Å²) < 4.78 is 5.77. The van der Waals surface area contributed by atoms with Crippen molar-refractivity contribution < 1.29 is 4.74 Å². The first kappa shape index (κ1) is 11.5. The lowest BCUT2D eigenvalue weighted by molar-refractivity contribution is 0.306. The molecule has 3 rings (SSSR count). The first-order valence-electron chi connectivity index (χ1n) is 6.05. The van der Waals surface area contributed by atoms with E-state index in [0.29, 0.717) is 6.61 Å². The normalized spacial score (nSPS) is 10.3. The van der Waals surface area contributed by atoms with Gasteiger partial charge in [-0.15, -0.1) is 0 Å². The third-order valence-electron chi connectivity index (χ3n) is 2.79. The summed E-state index contributed by atoms with van der Waals surface area (Å²) in [6.45, 7) is 0.559. The van der Waals surface area contributed by atoms with Crippen molar-refractivity contribution >= 4 is 0 Å². The molecule has 94 valence electrons. The zero-order valence-electron chi connectivity index (χ0n) is 10.3. The smallest absolute Gasteiger partial charge is 0.120 e. The van der Waals surface area contributed by atoms with Crippen LogP contribution in [-0.2, 0) is 6.61 Å². The average Bonchev–Trinajstić information content (AvgIpc) is 3.01. The highest BCUT2D eigenvalue weighted by Gasteiger charge is 2.02. The van der Waals surface area contributed by atoms with Crippen molar-refractivity contribution in [3.05, 3.63) is 66.4 Å². The van der Waals surface area contributed by atoms with E-state index in [0.717, 1.165) is 22.6 Å². The van der Waals surface area contributed by atoms with E-state index < -0.39 is 0 Å². The Morgan fingerprint density at radius 3 is 2.68 bits per heavy atom. The molecule has 1 heterocycles. The number of ether oxygens (including phenoxy) is 1. The SMILES string of the molecule is c1ccc(COc2cccc(-c3cn[nH]n3)c2)cc1. The van der Waals surface area contributed by atoms with E-state index >= 15 is 0 Å². The fraction of sp³-hybridized carbons (Fsp3) is 0.0667. The Bertz CT molecular complexity index is 636. The van der Waals surface area contributed by atoms with Crippen molar-refractivity contribution in [1.82, 2.24) is 15.4 Å². The predicted molar refractivity (Wildman–Crippen MR) is 72.6 cm³/mol. The molecule has 0 atom stereocenters. The molecule has 0 fully saturated rings. The van der Waals surface area contributed by atoms with Crippen LogP contribution in [0.4, 0.5) is 0 Å². The van der Waals surface area contributed by atoms with E-state index in [4.69, 9.17) is 4.74 Å². The summed E-state index contributed by atoms with van der Waals surface area (Å²) in [5.41, 5.74) is 2.94. The number of nitrogens with zero attached hydrogens (tertiary/aromatic N) is 2. The van der Waals surface area contributed by atoms with Crippen LogP contribution in [0.3, 0.4) is 0 Å². The van der Waals surface area contributed by atoms with Crippen LogP contribution in [0, 0.1) is 0 Å². The van der Waals surface area contributed by atoms with Gasteiger partial charge in [-0.05, 0) is 17.7 Å². The van der Waals surface area contributed by atoms with Crippen LogP contribution >= 0.6 is 0 Å². The molecule has 3 aromatic rings. The largest absolute Gasteiger partial charge is 0.489 e. The van der Waals surface area contributed by atoms with Crippen LogP contribution in [0.5, 0.6) is 5.75 Å². The molecular weight excluding hydrogens is 238 g/mol. The third kappa shape index (κ3) is 2.80. The Morgan fingerprint density at radius 1 is 1.00 bits per heavy atom. The van der Waals surface area contributed by atoms with Gasteiger partial charge in [-0.2, -0.15) is 15.4 Å². The third-order valence-corrected chi connectivity index (χ3v) is 2.79. The Morgan fingerprint density at radius 2 is 1.89 bits per heavy atom. The number of aromatic amines is 1. The van der Waals surface area contributed by atoms with Gasteiger partial charge in [-0.3, -0.25) is 0 Å². The van der Waals surface area contributed by atoms with Crippen LogP contribution < -0.4 is 4.74 Å². The summed E-state index contributed by atoms with van der Waals surface area (Å²) >= 11 is 0. The van der Waals surface area contributed by atoms with Crippen molar-refractivity contribution in [1.29, 1.82) is 0 Å². The topological polar surface area (TPSA) is 50.8 Å². The quantitative estimate of drug-likeness (QED) is 0.775. The van der Waals surface area contributed by atoms with E-state index in [1.165, 1.54) is 0 Å². The van der Waals surface area contributed by atoms with E-state index in [1.54, 1.807) is 6.20 Å². The molecule has 4 heteroatoms. The molecule has 0 radical (unpaired) electrons. The van der Waals surface area contributed by atoms with Crippen LogP contribution in [0.25, 0.3) is 11.3 Å². The standard InChI is InChI=1S/C15H13N3O/c1-2-5-12(6-3-1)11-19-14-8-4-7-13(9-14)15-10-16-18-17-15/h1-10H,11H2,(H,16,17,18). The first-order valence-corrected chi connectivity index (χ1v) is 6.05. The van der Waals surface area contributed by atoms with E-state index in [-0.39, 0.29) is 0 Å². The maximum Gasteiger partial charge on any atom is 0.120 e. The number of hydrogen-bond donors (Lipinski definition) is 1. The van der Waals surface area contributed by atoms with E-state index in [2.05, 4.69) is 15.4 Å². The van der Waals surface area contributed by atoms with E-state index in [9.17, 15) is 0 Å². The molecule has 0 bridgehead atoms. The molecule has 0 aliphatic heterocycles. The lowest BCUT2D eigenvalue weighted by atomic mass is 10.1. The number of aromatic nitrogens is 3. The minimum absolute atomic E-state index is 0.559. The Balaban J connectivity index is 1.74. The molecule has 1 N–H and O–H groups in total. The van der Waals surface area contributed by atoms with Gasteiger partial charge in [0.05, 0.1) is 6.20 Å². The number of rotatable bonds is 4. The van der Waals surface area contributed by atoms with Gasteiger partial charge < -0.3 is 4.74 Å². The fourth-order valence-electron chi connectivity index (χ4n) is 1.83. The zero-order chi connectivity index (χ0) is 12.9. The second-order valence-electron chi connectivity index (χ2n) is 4.16. The molecule has 0 aliphatic carbocycles. The minimum Gasteiger partial charge on any atom is -0.489 e. The maximum absolute atomic E-state index is 5.77. The van der Waals surface area contributed by atoms with Gasteiger partial charge in [0.1, 0.15) is 18.1 Å². The molecule has 0 saturated carbocycles.